The molecule has 0 saturated heterocycles. The summed E-state index contributed by atoms with van der Waals surface area (Å²) in [4.78, 5) is 22.8. The monoisotopic (exact) mass is 512 g/mol. The lowest BCUT2D eigenvalue weighted by molar-refractivity contribution is -0.105. The second-order valence-electron chi connectivity index (χ2n) is 8.25. The summed E-state index contributed by atoms with van der Waals surface area (Å²) in [6.45, 7) is 0.295. The fraction of sp³-hybridized carbons (Fsp3) is 0.161. The zero-order valence-electron chi connectivity index (χ0n) is 20.8. The van der Waals surface area contributed by atoms with Crippen molar-refractivity contribution in [3.63, 3.8) is 0 Å². The van der Waals surface area contributed by atoms with Crippen molar-refractivity contribution in [1.82, 2.24) is 0 Å². The van der Waals surface area contributed by atoms with Gasteiger partial charge in [-0.05, 0) is 46.5 Å². The third kappa shape index (κ3) is 5.93. The van der Waals surface area contributed by atoms with E-state index in [1.54, 1.807) is 26.4 Å². The van der Waals surface area contributed by atoms with Gasteiger partial charge in [-0.25, -0.2) is 0 Å². The number of methoxy groups -OCH3 is 2. The number of aldehydes is 1. The second kappa shape index (κ2) is 12.4. The van der Waals surface area contributed by atoms with Crippen LogP contribution >= 0.6 is 11.8 Å². The van der Waals surface area contributed by atoms with Crippen LogP contribution in [0.5, 0.6) is 11.5 Å². The van der Waals surface area contributed by atoms with E-state index in [4.69, 9.17) is 14.2 Å². The van der Waals surface area contributed by atoms with Crippen molar-refractivity contribution < 1.29 is 23.8 Å². The Balaban J connectivity index is 1.76. The molecule has 4 rings (SSSR count). The van der Waals surface area contributed by atoms with E-state index < -0.39 is 5.60 Å². The van der Waals surface area contributed by atoms with Gasteiger partial charge in [0.2, 0.25) is 5.12 Å². The maximum Gasteiger partial charge on any atom is 0.219 e. The van der Waals surface area contributed by atoms with Crippen LogP contribution in [0.2, 0.25) is 0 Å². The van der Waals surface area contributed by atoms with Gasteiger partial charge in [-0.2, -0.15) is 0 Å². The van der Waals surface area contributed by atoms with Crippen LogP contribution in [0.15, 0.2) is 103 Å². The van der Waals surface area contributed by atoms with Crippen LogP contribution in [0.1, 0.15) is 32.6 Å². The lowest BCUT2D eigenvalue weighted by Crippen LogP contribution is -2.32. The fourth-order valence-electron chi connectivity index (χ4n) is 4.20. The molecule has 0 amide bonds. The first kappa shape index (κ1) is 26.2. The van der Waals surface area contributed by atoms with E-state index in [9.17, 15) is 9.59 Å². The summed E-state index contributed by atoms with van der Waals surface area (Å²) in [5, 5.41) is -0.130. The standard InChI is InChI=1S/C31H28O5S/c1-34-28-16-12-26(13-17-28)31(25-6-4-3-5-7-25,27-14-18-29(35-2)19-15-27)36-22-23-8-10-24(11-9-23)30(33)37-21-20-32/h3-20H,21-22H2,1-2H3. The Morgan fingerprint density at radius 1 is 0.730 bits per heavy atom. The lowest BCUT2D eigenvalue weighted by Gasteiger charge is -2.36. The van der Waals surface area contributed by atoms with Gasteiger partial charge in [0.15, 0.2) is 0 Å². The van der Waals surface area contributed by atoms with Crippen molar-refractivity contribution in [3.8, 4) is 11.5 Å². The van der Waals surface area contributed by atoms with E-state index in [0.29, 0.717) is 12.2 Å². The number of rotatable bonds is 11. The van der Waals surface area contributed by atoms with Crippen molar-refractivity contribution in [2.45, 2.75) is 12.2 Å². The quantitative estimate of drug-likeness (QED) is 0.174. The van der Waals surface area contributed by atoms with Crippen LogP contribution in [0.4, 0.5) is 0 Å². The highest BCUT2D eigenvalue weighted by Gasteiger charge is 2.38. The largest absolute Gasteiger partial charge is 0.497 e. The summed E-state index contributed by atoms with van der Waals surface area (Å²) < 4.78 is 17.7. The third-order valence-electron chi connectivity index (χ3n) is 6.10. The van der Waals surface area contributed by atoms with Gasteiger partial charge in [-0.1, -0.05) is 90.6 Å². The van der Waals surface area contributed by atoms with Crippen molar-refractivity contribution >= 4 is 23.2 Å². The van der Waals surface area contributed by atoms with Gasteiger partial charge in [0.05, 0.1) is 26.6 Å². The molecule has 0 fully saturated rings. The van der Waals surface area contributed by atoms with Gasteiger partial charge in [-0.15, -0.1) is 0 Å². The molecule has 37 heavy (non-hydrogen) atoms. The molecule has 4 aromatic rings. The molecule has 0 aliphatic heterocycles. The number of hydrogen-bond donors (Lipinski definition) is 0. The van der Waals surface area contributed by atoms with Crippen LogP contribution in [-0.2, 0) is 21.7 Å². The molecule has 188 valence electrons. The highest BCUT2D eigenvalue weighted by molar-refractivity contribution is 8.14. The van der Waals surface area contributed by atoms with Gasteiger partial charge in [0, 0.05) is 5.56 Å². The van der Waals surface area contributed by atoms with Crippen LogP contribution in [0.3, 0.4) is 0 Å². The summed E-state index contributed by atoms with van der Waals surface area (Å²) in [5.41, 5.74) is 3.41. The molecule has 0 atom stereocenters. The molecule has 4 aromatic carbocycles. The lowest BCUT2D eigenvalue weighted by atomic mass is 9.80. The molecule has 0 saturated carbocycles. The summed E-state index contributed by atoms with van der Waals surface area (Å²) in [6.07, 6.45) is 0.728. The molecule has 0 heterocycles. The van der Waals surface area contributed by atoms with E-state index in [1.807, 2.05) is 78.9 Å². The number of benzene rings is 4. The number of hydrogen-bond acceptors (Lipinski definition) is 6. The van der Waals surface area contributed by atoms with E-state index in [0.717, 1.165) is 51.8 Å². The first-order valence-corrected chi connectivity index (χ1v) is 12.8. The first-order chi connectivity index (χ1) is 18.1. The van der Waals surface area contributed by atoms with Crippen molar-refractivity contribution in [3.05, 3.63) is 131 Å². The zero-order chi connectivity index (χ0) is 26.1. The Morgan fingerprint density at radius 2 is 1.24 bits per heavy atom. The Hall–Kier alpha value is -3.87. The predicted molar refractivity (Wildman–Crippen MR) is 146 cm³/mol. The summed E-state index contributed by atoms with van der Waals surface area (Å²) in [6, 6.07) is 33.2. The maximum atomic E-state index is 12.2. The normalized spacial score (nSPS) is 11.1. The molecule has 0 aliphatic rings. The summed E-state index contributed by atoms with van der Waals surface area (Å²) >= 11 is 0.992. The minimum Gasteiger partial charge on any atom is -0.497 e. The van der Waals surface area contributed by atoms with Gasteiger partial charge in [0.25, 0.3) is 0 Å². The SMILES string of the molecule is COc1ccc(C(OCc2ccc(C(=O)SCC=O)cc2)(c2ccccc2)c2ccc(OC)cc2)cc1. The molecule has 6 heteroatoms. The zero-order valence-corrected chi connectivity index (χ0v) is 21.6. The maximum absolute atomic E-state index is 12.2. The number of thioether (sulfide) groups is 1. The van der Waals surface area contributed by atoms with Crippen LogP contribution in [-0.4, -0.2) is 31.4 Å². The smallest absolute Gasteiger partial charge is 0.219 e. The Kier molecular flexibility index (Phi) is 8.77. The molecule has 0 bridgehead atoms. The van der Waals surface area contributed by atoms with Gasteiger partial charge in [-0.3, -0.25) is 4.79 Å². The summed E-state index contributed by atoms with van der Waals surface area (Å²) in [7, 11) is 3.29. The minimum atomic E-state index is -0.923. The fourth-order valence-corrected chi connectivity index (χ4v) is 4.72. The number of carbonyl (C=O) groups excluding carboxylic acids is 2. The molecule has 0 aliphatic carbocycles. The predicted octanol–water partition coefficient (Wildman–Crippen LogP) is 6.28. The van der Waals surface area contributed by atoms with Crippen LogP contribution in [0, 0.1) is 0 Å². The third-order valence-corrected chi connectivity index (χ3v) is 6.90. The van der Waals surface area contributed by atoms with Crippen molar-refractivity contribution in [1.29, 1.82) is 0 Å². The average Bonchev–Trinajstić information content (AvgIpc) is 2.97. The minimum absolute atomic E-state index is 0.130. The second-order valence-corrected chi connectivity index (χ2v) is 9.25. The van der Waals surface area contributed by atoms with Gasteiger partial charge < -0.3 is 19.0 Å². The van der Waals surface area contributed by atoms with Crippen molar-refractivity contribution in [2.75, 3.05) is 20.0 Å². The van der Waals surface area contributed by atoms with Gasteiger partial charge >= 0.3 is 0 Å². The van der Waals surface area contributed by atoms with E-state index in [1.165, 1.54) is 0 Å². The topological polar surface area (TPSA) is 61.8 Å². The van der Waals surface area contributed by atoms with Crippen LogP contribution < -0.4 is 9.47 Å². The van der Waals surface area contributed by atoms with Crippen LogP contribution in [0.25, 0.3) is 0 Å². The molecule has 0 unspecified atom stereocenters. The average molecular weight is 513 g/mol. The highest BCUT2D eigenvalue weighted by Crippen LogP contribution is 2.42. The molecular weight excluding hydrogens is 484 g/mol. The Morgan fingerprint density at radius 3 is 1.73 bits per heavy atom. The Labute approximate surface area is 221 Å². The molecule has 0 N–H and O–H groups in total. The number of ether oxygens (including phenoxy) is 3. The first-order valence-electron chi connectivity index (χ1n) is 11.8. The van der Waals surface area contributed by atoms with E-state index in [-0.39, 0.29) is 10.9 Å². The molecule has 5 nitrogen and oxygen atoms in total. The molecule has 0 radical (unpaired) electrons. The summed E-state index contributed by atoms with van der Waals surface area (Å²) in [5.74, 6) is 1.66. The molecular formula is C31H28O5S. The number of carbonyl (C=O) groups is 2. The molecule has 0 aromatic heterocycles. The Bertz CT molecular complexity index is 1250. The molecule has 0 spiro atoms. The van der Waals surface area contributed by atoms with E-state index in [2.05, 4.69) is 12.1 Å². The van der Waals surface area contributed by atoms with E-state index >= 15 is 0 Å². The highest BCUT2D eigenvalue weighted by atomic mass is 32.2. The van der Waals surface area contributed by atoms with Crippen molar-refractivity contribution in [2.24, 2.45) is 0 Å². The van der Waals surface area contributed by atoms with Gasteiger partial charge in [0.1, 0.15) is 23.4 Å².